The monoisotopic (exact) mass is 315 g/mol. The Bertz CT molecular complexity index is 620. The molecule has 21 heavy (non-hydrogen) atoms. The Kier molecular flexibility index (Phi) is 4.46. The lowest BCUT2D eigenvalue weighted by molar-refractivity contribution is 0.187. The summed E-state index contributed by atoms with van der Waals surface area (Å²) < 4.78 is 25.1. The van der Waals surface area contributed by atoms with Gasteiger partial charge < -0.3 is 10.4 Å². The molecular formula is C14H25N3O3S. The van der Waals surface area contributed by atoms with Crippen molar-refractivity contribution in [3.05, 3.63) is 17.0 Å². The Morgan fingerprint density at radius 2 is 2.10 bits per heavy atom. The van der Waals surface area contributed by atoms with Gasteiger partial charge in [0.1, 0.15) is 0 Å². The van der Waals surface area contributed by atoms with Gasteiger partial charge in [-0.2, -0.15) is 5.10 Å². The maximum Gasteiger partial charge on any atom is 0.152 e. The molecule has 120 valence electrons. The van der Waals surface area contributed by atoms with Crippen LogP contribution in [0.2, 0.25) is 0 Å². The van der Waals surface area contributed by atoms with Gasteiger partial charge in [-0.25, -0.2) is 8.42 Å². The van der Waals surface area contributed by atoms with Crippen molar-refractivity contribution < 1.29 is 13.5 Å². The van der Waals surface area contributed by atoms with Crippen LogP contribution in [0.3, 0.4) is 0 Å². The van der Waals surface area contributed by atoms with Crippen LogP contribution in [0.15, 0.2) is 0 Å². The van der Waals surface area contributed by atoms with Gasteiger partial charge in [0.2, 0.25) is 0 Å². The van der Waals surface area contributed by atoms with Crippen molar-refractivity contribution in [3.8, 4) is 0 Å². The van der Waals surface area contributed by atoms with Crippen molar-refractivity contribution in [1.29, 1.82) is 0 Å². The van der Waals surface area contributed by atoms with E-state index in [4.69, 9.17) is 0 Å². The van der Waals surface area contributed by atoms with Crippen molar-refractivity contribution in [2.75, 3.05) is 18.1 Å². The number of sulfone groups is 1. The predicted octanol–water partition coefficient (Wildman–Crippen LogP) is 0.720. The van der Waals surface area contributed by atoms with Gasteiger partial charge >= 0.3 is 0 Å². The second-order valence-corrected chi connectivity index (χ2v) is 8.78. The predicted molar refractivity (Wildman–Crippen MR) is 82.0 cm³/mol. The molecule has 1 aliphatic rings. The summed E-state index contributed by atoms with van der Waals surface area (Å²) in [4.78, 5) is 0. The summed E-state index contributed by atoms with van der Waals surface area (Å²) in [5.41, 5.74) is 2.66. The molecule has 0 spiro atoms. The molecule has 2 rings (SSSR count). The molecule has 0 amide bonds. The van der Waals surface area contributed by atoms with Gasteiger partial charge in [0.05, 0.1) is 29.8 Å². The first-order valence-electron chi connectivity index (χ1n) is 7.26. The van der Waals surface area contributed by atoms with Gasteiger partial charge in [0.15, 0.2) is 9.84 Å². The number of aryl methyl sites for hydroxylation is 1. The van der Waals surface area contributed by atoms with Gasteiger partial charge in [0.25, 0.3) is 0 Å². The molecule has 2 heterocycles. The number of aliphatic hydroxyl groups excluding tert-OH is 1. The summed E-state index contributed by atoms with van der Waals surface area (Å²) in [6, 6.07) is -0.0479. The van der Waals surface area contributed by atoms with Crippen molar-refractivity contribution in [2.45, 2.75) is 52.2 Å². The first kappa shape index (κ1) is 16.5. The fourth-order valence-electron chi connectivity index (χ4n) is 2.66. The molecule has 1 aromatic rings. The highest BCUT2D eigenvalue weighted by Crippen LogP contribution is 2.26. The lowest BCUT2D eigenvalue weighted by atomic mass is 10.1. The molecule has 0 aliphatic carbocycles. The fraction of sp³-hybridized carbons (Fsp3) is 0.786. The van der Waals surface area contributed by atoms with E-state index in [0.29, 0.717) is 13.0 Å². The molecule has 7 heteroatoms. The average Bonchev–Trinajstić information content (AvgIpc) is 2.88. The third-order valence-corrected chi connectivity index (χ3v) is 5.92. The zero-order chi connectivity index (χ0) is 15.8. The first-order valence-corrected chi connectivity index (χ1v) is 9.08. The molecule has 1 unspecified atom stereocenters. The molecule has 1 saturated heterocycles. The summed E-state index contributed by atoms with van der Waals surface area (Å²) in [5, 5.41) is 17.1. The number of hydrogen-bond donors (Lipinski definition) is 2. The number of aromatic nitrogens is 2. The Hall–Kier alpha value is -0.920. The van der Waals surface area contributed by atoms with Crippen LogP contribution < -0.4 is 5.32 Å². The molecular weight excluding hydrogens is 290 g/mol. The quantitative estimate of drug-likeness (QED) is 0.836. The molecule has 0 aromatic carbocycles. The normalized spacial score (nSPS) is 21.9. The van der Waals surface area contributed by atoms with Crippen LogP contribution in [-0.2, 0) is 16.4 Å². The maximum absolute atomic E-state index is 11.6. The summed E-state index contributed by atoms with van der Waals surface area (Å²) in [6.07, 6.45) is 0.638. The second kappa shape index (κ2) is 5.70. The summed E-state index contributed by atoms with van der Waals surface area (Å²) in [5.74, 6) is 0.436. The molecule has 0 saturated carbocycles. The molecule has 0 bridgehead atoms. The van der Waals surface area contributed by atoms with Crippen LogP contribution in [-0.4, -0.2) is 47.0 Å². The Morgan fingerprint density at radius 3 is 2.62 bits per heavy atom. The largest absolute Gasteiger partial charge is 0.394 e. The Balaban J connectivity index is 2.18. The van der Waals surface area contributed by atoms with E-state index >= 15 is 0 Å². The molecule has 0 radical (unpaired) electrons. The molecule has 1 atom stereocenters. The van der Waals surface area contributed by atoms with Crippen molar-refractivity contribution in [1.82, 2.24) is 15.1 Å². The number of nitrogens with one attached hydrogen (secondary N) is 1. The van der Waals surface area contributed by atoms with Crippen LogP contribution in [0, 0.1) is 13.8 Å². The third kappa shape index (κ3) is 3.64. The number of rotatable bonds is 5. The molecule has 1 fully saturated rings. The summed E-state index contributed by atoms with van der Waals surface area (Å²) in [6.45, 7) is 8.46. The number of aliphatic hydroxyl groups is 1. The lowest BCUT2D eigenvalue weighted by Gasteiger charge is -2.23. The van der Waals surface area contributed by atoms with Gasteiger partial charge in [-0.15, -0.1) is 0 Å². The van der Waals surface area contributed by atoms with Crippen LogP contribution in [0.4, 0.5) is 0 Å². The number of hydrogen-bond acceptors (Lipinski definition) is 5. The topological polar surface area (TPSA) is 84.2 Å². The van der Waals surface area contributed by atoms with Gasteiger partial charge in [-0.3, -0.25) is 4.68 Å². The molecule has 1 aliphatic heterocycles. The summed E-state index contributed by atoms with van der Waals surface area (Å²) >= 11 is 0. The highest BCUT2D eigenvalue weighted by molar-refractivity contribution is 7.91. The minimum Gasteiger partial charge on any atom is -0.394 e. The van der Waals surface area contributed by atoms with Gasteiger partial charge in [-0.05, 0) is 34.1 Å². The van der Waals surface area contributed by atoms with Crippen molar-refractivity contribution in [2.24, 2.45) is 0 Å². The SMILES string of the molecule is Cc1nn(C2CCS(=O)(=O)C2)c(C)c1CNC(C)(C)CO. The fourth-order valence-corrected chi connectivity index (χ4v) is 4.35. The standard InChI is InChI=1S/C14H25N3O3S/c1-10-13(7-15-14(3,4)9-18)11(2)17(16-10)12-5-6-21(19,20)8-12/h12,15,18H,5-9H2,1-4H3. The van der Waals surface area contributed by atoms with Crippen molar-refractivity contribution in [3.63, 3.8) is 0 Å². The van der Waals surface area contributed by atoms with E-state index in [2.05, 4.69) is 10.4 Å². The third-order valence-electron chi connectivity index (χ3n) is 4.17. The summed E-state index contributed by atoms with van der Waals surface area (Å²) in [7, 11) is -2.91. The molecule has 2 N–H and O–H groups in total. The van der Waals surface area contributed by atoms with E-state index in [-0.39, 0.29) is 29.7 Å². The van der Waals surface area contributed by atoms with Crippen LogP contribution in [0.1, 0.15) is 43.3 Å². The minimum atomic E-state index is -2.91. The van der Waals surface area contributed by atoms with E-state index in [0.717, 1.165) is 17.0 Å². The zero-order valence-corrected chi connectivity index (χ0v) is 14.0. The first-order chi connectivity index (χ1) is 9.65. The second-order valence-electron chi connectivity index (χ2n) is 6.55. The van der Waals surface area contributed by atoms with E-state index in [1.165, 1.54) is 0 Å². The van der Waals surface area contributed by atoms with E-state index < -0.39 is 9.84 Å². The smallest absolute Gasteiger partial charge is 0.152 e. The van der Waals surface area contributed by atoms with E-state index in [1.54, 1.807) is 0 Å². The Labute approximate surface area is 126 Å². The minimum absolute atomic E-state index is 0.0479. The lowest BCUT2D eigenvalue weighted by Crippen LogP contribution is -2.42. The highest BCUT2D eigenvalue weighted by Gasteiger charge is 2.31. The van der Waals surface area contributed by atoms with Crippen LogP contribution in [0.5, 0.6) is 0 Å². The van der Waals surface area contributed by atoms with Gasteiger partial charge in [-0.1, -0.05) is 0 Å². The highest BCUT2D eigenvalue weighted by atomic mass is 32.2. The van der Waals surface area contributed by atoms with Crippen molar-refractivity contribution >= 4 is 9.84 Å². The van der Waals surface area contributed by atoms with E-state index in [9.17, 15) is 13.5 Å². The maximum atomic E-state index is 11.6. The van der Waals surface area contributed by atoms with E-state index in [1.807, 2.05) is 32.4 Å². The Morgan fingerprint density at radius 1 is 1.43 bits per heavy atom. The zero-order valence-electron chi connectivity index (χ0n) is 13.2. The van der Waals surface area contributed by atoms with Gasteiger partial charge in [0, 0.05) is 23.3 Å². The average molecular weight is 315 g/mol. The van der Waals surface area contributed by atoms with Crippen LogP contribution in [0.25, 0.3) is 0 Å². The number of nitrogens with zero attached hydrogens (tertiary/aromatic N) is 2. The van der Waals surface area contributed by atoms with Crippen LogP contribution >= 0.6 is 0 Å². The molecule has 1 aromatic heterocycles. The molecule has 6 nitrogen and oxygen atoms in total.